The fourth-order valence-electron chi connectivity index (χ4n) is 2.13. The Morgan fingerprint density at radius 1 is 1.16 bits per heavy atom. The van der Waals surface area contributed by atoms with Gasteiger partial charge in [0.1, 0.15) is 5.69 Å². The highest BCUT2D eigenvalue weighted by Crippen LogP contribution is 2.30. The molecule has 108 valence electrons. The molecule has 1 aromatic rings. The molecule has 1 atom stereocenters. The molecule has 0 amide bonds. The zero-order valence-corrected chi connectivity index (χ0v) is 11.6. The Morgan fingerprint density at radius 2 is 1.84 bits per heavy atom. The van der Waals surface area contributed by atoms with Crippen LogP contribution in [0.1, 0.15) is 69.5 Å². The molecule has 1 heterocycles. The van der Waals surface area contributed by atoms with E-state index >= 15 is 0 Å². The third kappa shape index (κ3) is 5.62. The number of halogens is 3. The van der Waals surface area contributed by atoms with Gasteiger partial charge in [-0.25, -0.2) is 0 Å². The second-order valence-corrected chi connectivity index (χ2v) is 5.08. The molecular formula is C15H22F3N. The molecule has 0 aliphatic carbocycles. The molecule has 0 saturated carbocycles. The van der Waals surface area contributed by atoms with E-state index in [1.165, 1.54) is 31.5 Å². The number of hydrogen-bond donors (Lipinski definition) is 0. The Morgan fingerprint density at radius 3 is 2.47 bits per heavy atom. The molecule has 0 aliphatic rings. The van der Waals surface area contributed by atoms with Gasteiger partial charge in [-0.3, -0.25) is 4.98 Å². The van der Waals surface area contributed by atoms with Crippen molar-refractivity contribution in [2.45, 2.75) is 64.5 Å². The third-order valence-corrected chi connectivity index (χ3v) is 3.38. The first-order valence-corrected chi connectivity index (χ1v) is 6.98. The molecule has 0 spiro atoms. The van der Waals surface area contributed by atoms with Crippen LogP contribution in [-0.4, -0.2) is 4.98 Å². The minimum absolute atomic E-state index is 0.158. The first kappa shape index (κ1) is 16.0. The van der Waals surface area contributed by atoms with Crippen molar-refractivity contribution in [1.82, 2.24) is 4.98 Å². The van der Waals surface area contributed by atoms with Crippen LogP contribution < -0.4 is 0 Å². The standard InChI is InChI=1S/C15H22F3N/c1-3-4-5-6-7-8-12(2)13-9-10-19-14(11-13)15(16,17)18/h9-12H,3-8H2,1-2H3/t12-/m0/s1. The van der Waals surface area contributed by atoms with Crippen molar-refractivity contribution in [3.8, 4) is 0 Å². The zero-order valence-electron chi connectivity index (χ0n) is 11.6. The van der Waals surface area contributed by atoms with Crippen LogP contribution in [0.25, 0.3) is 0 Å². The number of alkyl halides is 3. The van der Waals surface area contributed by atoms with Gasteiger partial charge in [0.2, 0.25) is 0 Å². The van der Waals surface area contributed by atoms with Crippen LogP contribution in [0.15, 0.2) is 18.3 Å². The average molecular weight is 273 g/mol. The molecule has 0 radical (unpaired) electrons. The van der Waals surface area contributed by atoms with Crippen molar-refractivity contribution in [3.05, 3.63) is 29.6 Å². The van der Waals surface area contributed by atoms with E-state index in [1.54, 1.807) is 6.07 Å². The summed E-state index contributed by atoms with van der Waals surface area (Å²) in [5, 5.41) is 0. The second kappa shape index (κ2) is 7.51. The van der Waals surface area contributed by atoms with Crippen molar-refractivity contribution in [1.29, 1.82) is 0 Å². The zero-order chi connectivity index (χ0) is 14.3. The van der Waals surface area contributed by atoms with E-state index in [0.717, 1.165) is 24.8 Å². The van der Waals surface area contributed by atoms with Gasteiger partial charge in [0.25, 0.3) is 0 Å². The number of pyridine rings is 1. The Kier molecular flexibility index (Phi) is 6.32. The molecule has 19 heavy (non-hydrogen) atoms. The maximum absolute atomic E-state index is 12.6. The summed E-state index contributed by atoms with van der Waals surface area (Å²) in [6.07, 6.45) is 3.73. The number of rotatable bonds is 7. The second-order valence-electron chi connectivity index (χ2n) is 5.08. The van der Waals surface area contributed by atoms with Gasteiger partial charge in [0.05, 0.1) is 0 Å². The largest absolute Gasteiger partial charge is 0.433 e. The van der Waals surface area contributed by atoms with Crippen molar-refractivity contribution in [2.75, 3.05) is 0 Å². The summed E-state index contributed by atoms with van der Waals surface area (Å²) < 4.78 is 37.7. The van der Waals surface area contributed by atoms with Gasteiger partial charge in [-0.1, -0.05) is 46.0 Å². The van der Waals surface area contributed by atoms with Crippen molar-refractivity contribution in [3.63, 3.8) is 0 Å². The van der Waals surface area contributed by atoms with E-state index in [2.05, 4.69) is 11.9 Å². The van der Waals surface area contributed by atoms with Crippen LogP contribution in [0.2, 0.25) is 0 Å². The van der Waals surface area contributed by atoms with Gasteiger partial charge in [-0.2, -0.15) is 13.2 Å². The van der Waals surface area contributed by atoms with E-state index in [-0.39, 0.29) is 5.92 Å². The van der Waals surface area contributed by atoms with E-state index in [0.29, 0.717) is 0 Å². The maximum Gasteiger partial charge on any atom is 0.433 e. The molecule has 0 N–H and O–H groups in total. The smallest absolute Gasteiger partial charge is 0.252 e. The third-order valence-electron chi connectivity index (χ3n) is 3.38. The number of aromatic nitrogens is 1. The van der Waals surface area contributed by atoms with Crippen LogP contribution in [0.5, 0.6) is 0 Å². The molecule has 0 fully saturated rings. The number of unbranched alkanes of at least 4 members (excludes halogenated alkanes) is 4. The molecule has 0 aromatic carbocycles. The summed E-state index contributed by atoms with van der Waals surface area (Å²) in [4.78, 5) is 3.39. The predicted molar refractivity (Wildman–Crippen MR) is 71.0 cm³/mol. The fraction of sp³-hybridized carbons (Fsp3) is 0.667. The topological polar surface area (TPSA) is 12.9 Å². The lowest BCUT2D eigenvalue weighted by Gasteiger charge is -2.13. The van der Waals surface area contributed by atoms with E-state index in [9.17, 15) is 13.2 Å². The Balaban J connectivity index is 2.50. The molecule has 0 saturated heterocycles. The SMILES string of the molecule is CCCCCCC[C@H](C)c1ccnc(C(F)(F)F)c1. The Labute approximate surface area is 113 Å². The van der Waals surface area contributed by atoms with Gasteiger partial charge in [-0.05, 0) is 30.0 Å². The minimum Gasteiger partial charge on any atom is -0.252 e. The van der Waals surface area contributed by atoms with Crippen molar-refractivity contribution in [2.24, 2.45) is 0 Å². The molecule has 0 aliphatic heterocycles. The van der Waals surface area contributed by atoms with Gasteiger partial charge < -0.3 is 0 Å². The number of nitrogens with zero attached hydrogens (tertiary/aromatic N) is 1. The summed E-state index contributed by atoms with van der Waals surface area (Å²) in [6.45, 7) is 4.15. The van der Waals surface area contributed by atoms with Gasteiger partial charge in [0, 0.05) is 6.20 Å². The highest BCUT2D eigenvalue weighted by atomic mass is 19.4. The van der Waals surface area contributed by atoms with E-state index < -0.39 is 11.9 Å². The lowest BCUT2D eigenvalue weighted by atomic mass is 9.95. The Bertz CT molecular complexity index is 374. The molecule has 4 heteroatoms. The molecule has 1 nitrogen and oxygen atoms in total. The summed E-state index contributed by atoms with van der Waals surface area (Å²) in [5.41, 5.74) is -0.0550. The quantitative estimate of drug-likeness (QED) is 0.592. The summed E-state index contributed by atoms with van der Waals surface area (Å²) in [7, 11) is 0. The first-order chi connectivity index (χ1) is 8.95. The van der Waals surface area contributed by atoms with Crippen LogP contribution >= 0.6 is 0 Å². The lowest BCUT2D eigenvalue weighted by Crippen LogP contribution is -2.09. The van der Waals surface area contributed by atoms with Crippen LogP contribution in [0, 0.1) is 0 Å². The molecular weight excluding hydrogens is 251 g/mol. The fourth-order valence-corrected chi connectivity index (χ4v) is 2.13. The van der Waals surface area contributed by atoms with Crippen molar-refractivity contribution >= 4 is 0 Å². The highest BCUT2D eigenvalue weighted by Gasteiger charge is 2.32. The monoisotopic (exact) mass is 273 g/mol. The van der Waals surface area contributed by atoms with Gasteiger partial charge in [0.15, 0.2) is 0 Å². The van der Waals surface area contributed by atoms with E-state index in [4.69, 9.17) is 0 Å². The summed E-state index contributed by atoms with van der Waals surface area (Å²) >= 11 is 0. The van der Waals surface area contributed by atoms with Gasteiger partial charge in [-0.15, -0.1) is 0 Å². The molecule has 1 rings (SSSR count). The Hall–Kier alpha value is -1.06. The molecule has 0 unspecified atom stereocenters. The lowest BCUT2D eigenvalue weighted by molar-refractivity contribution is -0.141. The molecule has 1 aromatic heterocycles. The van der Waals surface area contributed by atoms with Gasteiger partial charge >= 0.3 is 6.18 Å². The normalized spacial score (nSPS) is 13.5. The average Bonchev–Trinajstić information content (AvgIpc) is 2.37. The summed E-state index contributed by atoms with van der Waals surface area (Å²) in [6, 6.07) is 2.86. The van der Waals surface area contributed by atoms with Crippen LogP contribution in [-0.2, 0) is 6.18 Å². The first-order valence-electron chi connectivity index (χ1n) is 6.98. The predicted octanol–water partition coefficient (Wildman–Crippen LogP) is 5.56. The minimum atomic E-state index is -4.35. The molecule has 0 bridgehead atoms. The van der Waals surface area contributed by atoms with Crippen LogP contribution in [0.3, 0.4) is 0 Å². The van der Waals surface area contributed by atoms with Crippen molar-refractivity contribution < 1.29 is 13.2 Å². The summed E-state index contributed by atoms with van der Waals surface area (Å²) in [5.74, 6) is 0.158. The van der Waals surface area contributed by atoms with Crippen LogP contribution in [0.4, 0.5) is 13.2 Å². The maximum atomic E-state index is 12.6. The van der Waals surface area contributed by atoms with E-state index in [1.807, 2.05) is 6.92 Å². The highest BCUT2D eigenvalue weighted by molar-refractivity contribution is 5.21. The number of hydrogen-bond acceptors (Lipinski definition) is 1.